The first-order chi connectivity index (χ1) is 14.0. The van der Waals surface area contributed by atoms with Crippen LogP contribution in [-0.2, 0) is 19.1 Å². The molecule has 1 N–H and O–H groups in total. The molecule has 0 aromatic heterocycles. The first-order valence-corrected chi connectivity index (χ1v) is 11.4. The van der Waals surface area contributed by atoms with Gasteiger partial charge in [0.1, 0.15) is 12.8 Å². The zero-order valence-corrected chi connectivity index (χ0v) is 18.4. The Kier molecular flexibility index (Phi) is 4.31. The van der Waals surface area contributed by atoms with Gasteiger partial charge in [-0.1, -0.05) is 13.8 Å². The molecule has 1 aliphatic heterocycles. The molecule has 0 unspecified atom stereocenters. The summed E-state index contributed by atoms with van der Waals surface area (Å²) < 4.78 is 28.0. The van der Waals surface area contributed by atoms with Gasteiger partial charge in [0.2, 0.25) is 0 Å². The predicted octanol–water partition coefficient (Wildman–Crippen LogP) is 3.53. The average molecular weight is 421 g/mol. The number of carbonyl (C=O) groups excluding carboxylic acids is 2. The van der Waals surface area contributed by atoms with Gasteiger partial charge in [-0.05, 0) is 80.8 Å². The minimum absolute atomic E-state index is 0.0381. The van der Waals surface area contributed by atoms with Crippen molar-refractivity contribution < 1.29 is 28.6 Å². The van der Waals surface area contributed by atoms with E-state index in [1.54, 1.807) is 6.08 Å². The van der Waals surface area contributed by atoms with E-state index in [-0.39, 0.29) is 34.7 Å². The molecule has 4 fully saturated rings. The Bertz CT molecular complexity index is 835. The number of alkyl halides is 1. The van der Waals surface area contributed by atoms with Crippen LogP contribution in [0.5, 0.6) is 0 Å². The molecule has 5 nitrogen and oxygen atoms in total. The second kappa shape index (κ2) is 6.23. The second-order valence-electron chi connectivity index (χ2n) is 11.2. The molecule has 0 radical (unpaired) electrons. The number of halogens is 1. The number of allylic oxidation sites excluding steroid dienone is 1. The number of ether oxygens (including phenoxy) is 2. The largest absolute Gasteiger partial charge is 0.388 e. The number of rotatable bonds is 2. The summed E-state index contributed by atoms with van der Waals surface area (Å²) in [5.41, 5.74) is -1.29. The van der Waals surface area contributed by atoms with E-state index < -0.39 is 35.7 Å². The summed E-state index contributed by atoms with van der Waals surface area (Å²) in [6.45, 7) is 7.29. The fourth-order valence-corrected chi connectivity index (χ4v) is 8.28. The minimum atomic E-state index is -1.17. The Labute approximate surface area is 177 Å². The van der Waals surface area contributed by atoms with Gasteiger partial charge in [-0.25, -0.2) is 4.39 Å². The standard InChI is InChI=1S/C24H33FO5/c1-21(2)29-20-11-16-14-10-18(25)17-9-13(27)5-7-22(17,3)15(14)6-8-23(16,4)24(20,30-21)19(28)12-26/h9,14-16,18,20,26H,5-8,10-12H2,1-4H3/t14-,15+,16+,18+,20-,22-,23+,24-/m0/s1. The van der Waals surface area contributed by atoms with Crippen LogP contribution in [0.1, 0.15) is 66.2 Å². The van der Waals surface area contributed by atoms with Gasteiger partial charge in [-0.2, -0.15) is 0 Å². The van der Waals surface area contributed by atoms with Crippen molar-refractivity contribution in [2.45, 2.75) is 89.9 Å². The summed E-state index contributed by atoms with van der Waals surface area (Å²) in [5, 5.41) is 9.82. The van der Waals surface area contributed by atoms with Crippen LogP contribution in [0, 0.1) is 28.6 Å². The lowest BCUT2D eigenvalue weighted by Gasteiger charge is -2.59. The van der Waals surface area contributed by atoms with Gasteiger partial charge in [0.15, 0.2) is 23.0 Å². The number of aliphatic hydroxyl groups is 1. The molecule has 0 amide bonds. The maximum atomic E-state index is 15.4. The maximum absolute atomic E-state index is 15.4. The first kappa shape index (κ1) is 20.8. The van der Waals surface area contributed by atoms with E-state index in [1.807, 2.05) is 13.8 Å². The van der Waals surface area contributed by atoms with Crippen molar-refractivity contribution in [2.75, 3.05) is 6.61 Å². The molecule has 1 heterocycles. The topological polar surface area (TPSA) is 72.8 Å². The van der Waals surface area contributed by atoms with E-state index in [0.29, 0.717) is 31.3 Å². The summed E-state index contributed by atoms with van der Waals surface area (Å²) in [5.74, 6) is -0.683. The molecule has 6 heteroatoms. The van der Waals surface area contributed by atoms with Gasteiger partial charge in [0.05, 0.1) is 6.10 Å². The van der Waals surface area contributed by atoms with Crippen LogP contribution in [0.25, 0.3) is 0 Å². The fraction of sp³-hybridized carbons (Fsp3) is 0.833. The van der Waals surface area contributed by atoms with E-state index in [2.05, 4.69) is 13.8 Å². The summed E-state index contributed by atoms with van der Waals surface area (Å²) in [4.78, 5) is 25.1. The van der Waals surface area contributed by atoms with E-state index in [1.165, 1.54) is 0 Å². The summed E-state index contributed by atoms with van der Waals surface area (Å²) in [7, 11) is 0. The third-order valence-corrected chi connectivity index (χ3v) is 9.49. The number of carbonyl (C=O) groups is 2. The number of Topliss-reactive ketones (excluding diaryl/α,β-unsaturated/α-hetero) is 1. The van der Waals surface area contributed by atoms with Gasteiger partial charge < -0.3 is 14.6 Å². The molecule has 5 rings (SSSR count). The maximum Gasteiger partial charge on any atom is 0.193 e. The van der Waals surface area contributed by atoms with Gasteiger partial charge in [0.25, 0.3) is 0 Å². The molecule has 0 aromatic carbocycles. The van der Waals surface area contributed by atoms with Crippen LogP contribution in [0.4, 0.5) is 4.39 Å². The SMILES string of the molecule is CC1(C)O[C@H]2C[C@@H]3[C@H]4C[C@@H](F)C5=CC(=O)CC[C@@]5(C)[C@@H]4CC[C@@]3(C)[C@@]2(C(=O)CO)O1. The molecule has 4 aliphatic carbocycles. The Balaban J connectivity index is 1.57. The normalized spacial score (nSPS) is 51.5. The molecule has 0 spiro atoms. The molecule has 30 heavy (non-hydrogen) atoms. The summed E-state index contributed by atoms with van der Waals surface area (Å²) in [6.07, 6.45) is 3.89. The first-order valence-electron chi connectivity index (χ1n) is 11.4. The van der Waals surface area contributed by atoms with Crippen LogP contribution in [0.3, 0.4) is 0 Å². The monoisotopic (exact) mass is 420 g/mol. The third kappa shape index (κ3) is 2.39. The van der Waals surface area contributed by atoms with E-state index >= 15 is 4.39 Å². The lowest BCUT2D eigenvalue weighted by atomic mass is 9.46. The predicted molar refractivity (Wildman–Crippen MR) is 107 cm³/mol. The molecule has 0 aromatic rings. The molecular weight excluding hydrogens is 387 g/mol. The Morgan fingerprint density at radius 3 is 2.63 bits per heavy atom. The van der Waals surface area contributed by atoms with Gasteiger partial charge in [-0.15, -0.1) is 0 Å². The minimum Gasteiger partial charge on any atom is -0.388 e. The smallest absolute Gasteiger partial charge is 0.193 e. The van der Waals surface area contributed by atoms with Gasteiger partial charge in [0, 0.05) is 11.8 Å². The molecule has 166 valence electrons. The Hall–Kier alpha value is -1.11. The molecular formula is C24H33FO5. The van der Waals surface area contributed by atoms with Crippen molar-refractivity contribution in [3.05, 3.63) is 11.6 Å². The van der Waals surface area contributed by atoms with E-state index in [4.69, 9.17) is 9.47 Å². The van der Waals surface area contributed by atoms with Crippen molar-refractivity contribution >= 4 is 11.6 Å². The Morgan fingerprint density at radius 1 is 1.20 bits per heavy atom. The van der Waals surface area contributed by atoms with Crippen LogP contribution < -0.4 is 0 Å². The van der Waals surface area contributed by atoms with Crippen molar-refractivity contribution in [3.63, 3.8) is 0 Å². The van der Waals surface area contributed by atoms with Gasteiger partial charge >= 0.3 is 0 Å². The number of aliphatic hydroxyl groups excluding tert-OH is 1. The number of hydrogen-bond acceptors (Lipinski definition) is 5. The van der Waals surface area contributed by atoms with Crippen LogP contribution >= 0.6 is 0 Å². The Morgan fingerprint density at radius 2 is 1.93 bits per heavy atom. The molecule has 1 saturated heterocycles. The number of ketones is 2. The van der Waals surface area contributed by atoms with Crippen molar-refractivity contribution in [2.24, 2.45) is 28.6 Å². The van der Waals surface area contributed by atoms with Crippen LogP contribution in [0.2, 0.25) is 0 Å². The fourth-order valence-electron chi connectivity index (χ4n) is 8.28. The zero-order chi connectivity index (χ0) is 21.7. The highest BCUT2D eigenvalue weighted by atomic mass is 19.1. The highest BCUT2D eigenvalue weighted by Crippen LogP contribution is 2.70. The highest BCUT2D eigenvalue weighted by molar-refractivity contribution is 5.92. The second-order valence-corrected chi connectivity index (χ2v) is 11.2. The summed E-state index contributed by atoms with van der Waals surface area (Å²) >= 11 is 0. The molecule has 3 saturated carbocycles. The number of hydrogen-bond donors (Lipinski definition) is 1. The highest BCUT2D eigenvalue weighted by Gasteiger charge is 2.75. The van der Waals surface area contributed by atoms with E-state index in [0.717, 1.165) is 12.8 Å². The molecule has 0 bridgehead atoms. The summed E-state index contributed by atoms with van der Waals surface area (Å²) in [6, 6.07) is 0. The van der Waals surface area contributed by atoms with Crippen molar-refractivity contribution in [1.82, 2.24) is 0 Å². The van der Waals surface area contributed by atoms with Crippen molar-refractivity contribution in [3.8, 4) is 0 Å². The average Bonchev–Trinajstić information content (AvgIpc) is 3.09. The third-order valence-electron chi connectivity index (χ3n) is 9.49. The molecule has 8 atom stereocenters. The van der Waals surface area contributed by atoms with Crippen LogP contribution in [-0.4, -0.2) is 46.9 Å². The lowest BCUT2D eigenvalue weighted by molar-refractivity contribution is -0.216. The van der Waals surface area contributed by atoms with Crippen LogP contribution in [0.15, 0.2) is 11.6 Å². The van der Waals surface area contributed by atoms with E-state index in [9.17, 15) is 14.7 Å². The molecule has 5 aliphatic rings. The quantitative estimate of drug-likeness (QED) is 0.740. The van der Waals surface area contributed by atoms with Gasteiger partial charge in [-0.3, -0.25) is 9.59 Å². The zero-order valence-electron chi connectivity index (χ0n) is 18.4. The number of fused-ring (bicyclic) bond motifs is 7. The lowest BCUT2D eigenvalue weighted by Crippen LogP contribution is -2.61. The van der Waals surface area contributed by atoms with Crippen molar-refractivity contribution in [1.29, 1.82) is 0 Å².